The molecule has 2 N–H and O–H groups in total. The van der Waals surface area contributed by atoms with Gasteiger partial charge in [0.15, 0.2) is 5.76 Å². The number of aromatic nitrogens is 2. The molecule has 0 saturated carbocycles. The first-order valence-corrected chi connectivity index (χ1v) is 7.55. The van der Waals surface area contributed by atoms with E-state index in [4.69, 9.17) is 10.2 Å². The quantitative estimate of drug-likeness (QED) is 0.773. The number of hydrogen-bond donors (Lipinski definition) is 1. The van der Waals surface area contributed by atoms with Gasteiger partial charge in [0, 0.05) is 40.3 Å². The second-order valence-electron chi connectivity index (χ2n) is 5.70. The first-order valence-electron chi connectivity index (χ1n) is 7.55. The van der Waals surface area contributed by atoms with E-state index in [1.54, 1.807) is 17.0 Å². The van der Waals surface area contributed by atoms with Gasteiger partial charge < -0.3 is 20.0 Å². The summed E-state index contributed by atoms with van der Waals surface area (Å²) < 4.78 is 7.41. The van der Waals surface area contributed by atoms with E-state index >= 15 is 0 Å². The normalized spacial score (nSPS) is 14.9. The number of hydrogen-bond acceptors (Lipinski definition) is 6. The summed E-state index contributed by atoms with van der Waals surface area (Å²) in [5.41, 5.74) is 5.37. The van der Waals surface area contributed by atoms with Gasteiger partial charge in [-0.3, -0.25) is 18.7 Å². The Kier molecular flexibility index (Phi) is 3.92. The molecule has 1 saturated heterocycles. The molecule has 0 bridgehead atoms. The number of carbonyl (C=O) groups is 1. The van der Waals surface area contributed by atoms with E-state index < -0.39 is 11.2 Å². The van der Waals surface area contributed by atoms with Gasteiger partial charge in [0.25, 0.3) is 11.5 Å². The fourth-order valence-corrected chi connectivity index (χ4v) is 2.83. The topological polar surface area (TPSA) is 107 Å². The Morgan fingerprint density at radius 2 is 1.79 bits per heavy atom. The Bertz CT molecular complexity index is 872. The molecule has 2 aromatic rings. The van der Waals surface area contributed by atoms with E-state index in [-0.39, 0.29) is 11.7 Å². The van der Waals surface area contributed by atoms with Crippen molar-refractivity contribution in [3.8, 4) is 0 Å². The summed E-state index contributed by atoms with van der Waals surface area (Å²) in [4.78, 5) is 40.0. The van der Waals surface area contributed by atoms with Crippen molar-refractivity contribution < 1.29 is 9.21 Å². The molecule has 3 heterocycles. The molecule has 1 fully saturated rings. The fraction of sp³-hybridized carbons (Fsp3) is 0.400. The number of nitrogens with two attached hydrogens (primary N) is 1. The largest absolute Gasteiger partial charge is 0.459 e. The summed E-state index contributed by atoms with van der Waals surface area (Å²) in [5.74, 6) is 0.246. The fourth-order valence-electron chi connectivity index (χ4n) is 2.83. The Labute approximate surface area is 137 Å². The smallest absolute Gasteiger partial charge is 0.332 e. The Morgan fingerprint density at radius 3 is 2.38 bits per heavy atom. The lowest BCUT2D eigenvalue weighted by atomic mass is 10.2. The van der Waals surface area contributed by atoms with Crippen LogP contribution < -0.4 is 21.9 Å². The van der Waals surface area contributed by atoms with Gasteiger partial charge in [0.1, 0.15) is 11.5 Å². The van der Waals surface area contributed by atoms with Crippen LogP contribution in [0.15, 0.2) is 32.4 Å². The summed E-state index contributed by atoms with van der Waals surface area (Å²) in [7, 11) is 2.95. The zero-order chi connectivity index (χ0) is 17.4. The van der Waals surface area contributed by atoms with Crippen LogP contribution in [0.25, 0.3) is 0 Å². The van der Waals surface area contributed by atoms with Gasteiger partial charge in [-0.15, -0.1) is 0 Å². The number of nitrogens with zero attached hydrogens (tertiary/aromatic N) is 4. The van der Waals surface area contributed by atoms with Gasteiger partial charge in [-0.05, 0) is 12.1 Å². The van der Waals surface area contributed by atoms with E-state index in [1.807, 2.05) is 4.90 Å². The molecule has 2 aromatic heterocycles. The highest BCUT2D eigenvalue weighted by molar-refractivity contribution is 5.91. The minimum absolute atomic E-state index is 0.133. The maximum atomic E-state index is 12.4. The molecule has 3 rings (SSSR count). The van der Waals surface area contributed by atoms with Gasteiger partial charge >= 0.3 is 5.69 Å². The predicted molar refractivity (Wildman–Crippen MR) is 88.2 cm³/mol. The van der Waals surface area contributed by atoms with Crippen LogP contribution >= 0.6 is 0 Å². The van der Waals surface area contributed by atoms with E-state index in [0.29, 0.717) is 37.6 Å². The van der Waals surface area contributed by atoms with Crippen LogP contribution in [0.1, 0.15) is 10.6 Å². The third-order valence-electron chi connectivity index (χ3n) is 4.30. The predicted octanol–water partition coefficient (Wildman–Crippen LogP) is -0.778. The molecule has 0 atom stereocenters. The highest BCUT2D eigenvalue weighted by Crippen LogP contribution is 2.19. The number of carbonyl (C=O) groups excluding carboxylic acids is 1. The van der Waals surface area contributed by atoms with Crippen molar-refractivity contribution in [2.24, 2.45) is 14.1 Å². The highest BCUT2D eigenvalue weighted by Gasteiger charge is 2.27. The van der Waals surface area contributed by atoms with Crippen LogP contribution in [0.5, 0.6) is 0 Å². The SMILES string of the molecule is Cn1c(N)c(N2CCN(C(=O)c3ccco3)CC2)c(=O)n(C)c1=O. The van der Waals surface area contributed by atoms with E-state index in [0.717, 1.165) is 4.57 Å². The number of piperazine rings is 1. The van der Waals surface area contributed by atoms with Crippen LogP contribution in [0.3, 0.4) is 0 Å². The highest BCUT2D eigenvalue weighted by atomic mass is 16.3. The lowest BCUT2D eigenvalue weighted by Crippen LogP contribution is -2.51. The van der Waals surface area contributed by atoms with Gasteiger partial charge in [-0.25, -0.2) is 4.79 Å². The maximum absolute atomic E-state index is 12.4. The van der Waals surface area contributed by atoms with Crippen LogP contribution in [0.2, 0.25) is 0 Å². The number of furan rings is 1. The molecule has 1 aliphatic heterocycles. The number of nitrogen functional groups attached to an aromatic ring is 1. The van der Waals surface area contributed by atoms with Crippen LogP contribution in [0, 0.1) is 0 Å². The minimum Gasteiger partial charge on any atom is -0.459 e. The summed E-state index contributed by atoms with van der Waals surface area (Å²) in [6.07, 6.45) is 1.46. The Morgan fingerprint density at radius 1 is 1.12 bits per heavy atom. The first-order chi connectivity index (χ1) is 11.4. The molecule has 128 valence electrons. The molecule has 1 amide bonds. The van der Waals surface area contributed by atoms with Crippen molar-refractivity contribution in [2.75, 3.05) is 36.8 Å². The molecular weight excluding hydrogens is 314 g/mol. The molecule has 9 heteroatoms. The Hall–Kier alpha value is -2.97. The molecule has 1 aliphatic rings. The summed E-state index contributed by atoms with van der Waals surface area (Å²) in [6.45, 7) is 1.77. The summed E-state index contributed by atoms with van der Waals surface area (Å²) in [6, 6.07) is 3.29. The molecule has 0 spiro atoms. The van der Waals surface area contributed by atoms with Crippen molar-refractivity contribution in [3.63, 3.8) is 0 Å². The summed E-state index contributed by atoms with van der Waals surface area (Å²) >= 11 is 0. The van der Waals surface area contributed by atoms with Gasteiger partial charge in [-0.1, -0.05) is 0 Å². The Balaban J connectivity index is 1.82. The zero-order valence-electron chi connectivity index (χ0n) is 13.6. The van der Waals surface area contributed by atoms with Crippen LogP contribution in [0.4, 0.5) is 11.5 Å². The number of anilines is 2. The van der Waals surface area contributed by atoms with Gasteiger partial charge in [0.2, 0.25) is 0 Å². The molecule has 0 unspecified atom stereocenters. The van der Waals surface area contributed by atoms with Gasteiger partial charge in [0.05, 0.1) is 6.26 Å². The minimum atomic E-state index is -0.465. The average Bonchev–Trinajstić information content (AvgIpc) is 3.13. The van der Waals surface area contributed by atoms with Crippen LogP contribution in [-0.2, 0) is 14.1 Å². The average molecular weight is 333 g/mol. The van der Waals surface area contributed by atoms with Crippen molar-refractivity contribution >= 4 is 17.4 Å². The monoisotopic (exact) mass is 333 g/mol. The maximum Gasteiger partial charge on any atom is 0.332 e. The van der Waals surface area contributed by atoms with E-state index in [9.17, 15) is 14.4 Å². The van der Waals surface area contributed by atoms with Crippen molar-refractivity contribution in [1.82, 2.24) is 14.0 Å². The van der Waals surface area contributed by atoms with Crippen molar-refractivity contribution in [1.29, 1.82) is 0 Å². The molecule has 0 radical (unpaired) electrons. The van der Waals surface area contributed by atoms with E-state index in [1.165, 1.54) is 24.9 Å². The third-order valence-corrected chi connectivity index (χ3v) is 4.30. The molecule has 0 aliphatic carbocycles. The van der Waals surface area contributed by atoms with E-state index in [2.05, 4.69) is 0 Å². The lowest BCUT2D eigenvalue weighted by molar-refractivity contribution is 0.0714. The zero-order valence-corrected chi connectivity index (χ0v) is 13.6. The van der Waals surface area contributed by atoms with Crippen molar-refractivity contribution in [2.45, 2.75) is 0 Å². The second kappa shape index (κ2) is 5.91. The van der Waals surface area contributed by atoms with Crippen LogP contribution in [-0.4, -0.2) is 46.1 Å². The number of amides is 1. The summed E-state index contributed by atoms with van der Waals surface area (Å²) in [5, 5.41) is 0. The number of rotatable bonds is 2. The van der Waals surface area contributed by atoms with Crippen molar-refractivity contribution in [3.05, 3.63) is 45.0 Å². The van der Waals surface area contributed by atoms with Gasteiger partial charge in [-0.2, -0.15) is 0 Å². The second-order valence-corrected chi connectivity index (χ2v) is 5.70. The standard InChI is InChI=1S/C15H19N5O4/c1-17-12(16)11(14(22)18(2)15(17)23)19-5-7-20(8-6-19)13(21)10-4-3-9-24-10/h3-4,9H,5-8,16H2,1-2H3. The lowest BCUT2D eigenvalue weighted by Gasteiger charge is -2.35. The molecule has 0 aromatic carbocycles. The molecular formula is C15H19N5O4. The molecule has 24 heavy (non-hydrogen) atoms. The third kappa shape index (κ3) is 2.47. The first kappa shape index (κ1) is 15.9. The molecule has 9 nitrogen and oxygen atoms in total.